The van der Waals surface area contributed by atoms with E-state index in [1.54, 1.807) is 0 Å². The number of ether oxygens (including phenoxy) is 4. The second-order valence-corrected chi connectivity index (χ2v) is 12.3. The summed E-state index contributed by atoms with van der Waals surface area (Å²) in [6, 6.07) is 8.27. The first-order chi connectivity index (χ1) is 17.0. The van der Waals surface area contributed by atoms with Crippen LogP contribution in [-0.2, 0) is 19.0 Å². The highest BCUT2D eigenvalue weighted by Crippen LogP contribution is 2.55. The normalized spacial score (nSPS) is 39.8. The minimum absolute atomic E-state index is 0.0919. The Balaban J connectivity index is 1.52. The number of piperidine rings is 1. The topological polar surface area (TPSA) is 52.7 Å². The van der Waals surface area contributed by atoms with E-state index < -0.39 is 5.79 Å². The van der Waals surface area contributed by atoms with Crippen molar-refractivity contribution in [1.29, 1.82) is 0 Å². The quantitative estimate of drug-likeness (QED) is 0.332. The van der Waals surface area contributed by atoms with Gasteiger partial charge in [0.1, 0.15) is 24.6 Å². The van der Waals surface area contributed by atoms with Crippen LogP contribution in [0.1, 0.15) is 99.2 Å². The monoisotopic (exact) mass is 503 g/mol. The maximum atomic E-state index is 6.88. The van der Waals surface area contributed by atoms with Crippen molar-refractivity contribution in [3.63, 3.8) is 0 Å². The van der Waals surface area contributed by atoms with Crippen molar-refractivity contribution in [2.45, 2.75) is 117 Å². The molecule has 6 heteroatoms. The molecule has 1 aromatic carbocycles. The Morgan fingerprint density at radius 3 is 2.19 bits per heavy atom. The molecule has 5 unspecified atom stereocenters. The smallest absolute Gasteiger partial charge is 0.174 e. The Hall–Kier alpha value is -1.18. The lowest BCUT2D eigenvalue weighted by molar-refractivity contribution is -0.416. The van der Waals surface area contributed by atoms with E-state index in [1.165, 1.54) is 0 Å². The van der Waals surface area contributed by atoms with Crippen LogP contribution in [0.25, 0.3) is 0 Å². The van der Waals surface area contributed by atoms with Crippen molar-refractivity contribution >= 4 is 0 Å². The fraction of sp³-hybridized carbons (Fsp3) is 0.800. The summed E-state index contributed by atoms with van der Waals surface area (Å²) in [5.41, 5.74) is 0.755. The molecule has 6 nitrogen and oxygen atoms in total. The fourth-order valence-electron chi connectivity index (χ4n) is 6.17. The molecule has 3 aliphatic rings. The lowest BCUT2D eigenvalue weighted by atomic mass is 9.66. The summed E-state index contributed by atoms with van der Waals surface area (Å²) in [5.74, 6) is 0.428. The molecule has 0 aliphatic carbocycles. The van der Waals surface area contributed by atoms with Gasteiger partial charge in [-0.25, -0.2) is 0 Å². The highest BCUT2D eigenvalue weighted by atomic mass is 16.7. The fourth-order valence-corrected chi connectivity index (χ4v) is 6.17. The predicted molar refractivity (Wildman–Crippen MR) is 142 cm³/mol. The molecule has 4 rings (SSSR count). The molecule has 0 saturated carbocycles. The van der Waals surface area contributed by atoms with Gasteiger partial charge in [0.2, 0.25) is 0 Å². The zero-order chi connectivity index (χ0) is 26.2. The van der Waals surface area contributed by atoms with E-state index in [0.717, 1.165) is 63.2 Å². The van der Waals surface area contributed by atoms with E-state index in [-0.39, 0.29) is 34.6 Å². The second-order valence-electron chi connectivity index (χ2n) is 12.3. The van der Waals surface area contributed by atoms with Crippen LogP contribution < -0.4 is 4.74 Å². The van der Waals surface area contributed by atoms with Crippen LogP contribution in [-0.4, -0.2) is 54.5 Å². The van der Waals surface area contributed by atoms with Crippen LogP contribution in [0, 0.1) is 11.3 Å². The van der Waals surface area contributed by atoms with Crippen molar-refractivity contribution in [1.82, 2.24) is 5.06 Å². The summed E-state index contributed by atoms with van der Waals surface area (Å²) < 4.78 is 24.6. The summed E-state index contributed by atoms with van der Waals surface area (Å²) >= 11 is 0. The van der Waals surface area contributed by atoms with Gasteiger partial charge in [0, 0.05) is 23.3 Å². The molecule has 3 aliphatic heterocycles. The van der Waals surface area contributed by atoms with Gasteiger partial charge in [0.05, 0.1) is 25.4 Å². The van der Waals surface area contributed by atoms with Crippen LogP contribution in [0.4, 0.5) is 0 Å². The summed E-state index contributed by atoms with van der Waals surface area (Å²) in [4.78, 5) is 6.88. The minimum atomic E-state index is -0.587. The average Bonchev–Trinajstić information content (AvgIpc) is 3.71. The zero-order valence-corrected chi connectivity index (χ0v) is 23.9. The van der Waals surface area contributed by atoms with E-state index in [1.807, 2.05) is 12.1 Å². The molecule has 1 spiro atoms. The van der Waals surface area contributed by atoms with Gasteiger partial charge in [0.25, 0.3) is 0 Å². The molecule has 3 fully saturated rings. The highest BCUT2D eigenvalue weighted by molar-refractivity contribution is 5.28. The average molecular weight is 504 g/mol. The van der Waals surface area contributed by atoms with Crippen LogP contribution in [0.15, 0.2) is 24.3 Å². The van der Waals surface area contributed by atoms with Crippen molar-refractivity contribution < 1.29 is 23.8 Å². The predicted octanol–water partition coefficient (Wildman–Crippen LogP) is 6.69. The first-order valence-electron chi connectivity index (χ1n) is 14.1. The summed E-state index contributed by atoms with van der Waals surface area (Å²) in [6.45, 7) is 21.0. The Kier molecular flexibility index (Phi) is 8.14. The summed E-state index contributed by atoms with van der Waals surface area (Å²) in [7, 11) is 0. The molecule has 36 heavy (non-hydrogen) atoms. The molecule has 0 N–H and O–H groups in total. The van der Waals surface area contributed by atoms with Gasteiger partial charge < -0.3 is 18.9 Å². The van der Waals surface area contributed by atoms with Crippen LogP contribution in [0.2, 0.25) is 0 Å². The van der Waals surface area contributed by atoms with Crippen molar-refractivity contribution in [2.75, 3.05) is 26.4 Å². The van der Waals surface area contributed by atoms with Crippen LogP contribution in [0.3, 0.4) is 0 Å². The Bertz CT molecular complexity index is 863. The van der Waals surface area contributed by atoms with E-state index in [9.17, 15) is 0 Å². The van der Waals surface area contributed by atoms with Crippen LogP contribution in [0.5, 0.6) is 5.75 Å². The van der Waals surface area contributed by atoms with Gasteiger partial charge in [-0.2, -0.15) is 5.06 Å². The highest BCUT2D eigenvalue weighted by Gasteiger charge is 2.63. The summed E-state index contributed by atoms with van der Waals surface area (Å²) in [6.07, 6.45) is 5.10. The molecule has 0 radical (unpaired) electrons. The first kappa shape index (κ1) is 27.8. The van der Waals surface area contributed by atoms with Gasteiger partial charge >= 0.3 is 0 Å². The van der Waals surface area contributed by atoms with Gasteiger partial charge in [-0.3, -0.25) is 4.84 Å². The third-order valence-corrected chi connectivity index (χ3v) is 9.29. The number of nitrogens with zero attached hydrogens (tertiary/aromatic N) is 1. The Labute approximate surface area is 218 Å². The molecule has 204 valence electrons. The zero-order valence-electron chi connectivity index (χ0n) is 23.9. The maximum absolute atomic E-state index is 6.88. The molecule has 3 heterocycles. The van der Waals surface area contributed by atoms with Crippen molar-refractivity contribution in [3.05, 3.63) is 29.8 Å². The summed E-state index contributed by atoms with van der Waals surface area (Å²) in [5, 5.41) is 2.31. The second kappa shape index (κ2) is 10.5. The van der Waals surface area contributed by atoms with E-state index >= 15 is 0 Å². The van der Waals surface area contributed by atoms with E-state index in [4.69, 9.17) is 23.8 Å². The van der Waals surface area contributed by atoms with Gasteiger partial charge in [-0.1, -0.05) is 53.2 Å². The van der Waals surface area contributed by atoms with Crippen molar-refractivity contribution in [3.8, 4) is 5.75 Å². The number of benzene rings is 1. The molecular formula is C30H49NO5. The van der Waals surface area contributed by atoms with Gasteiger partial charge in [-0.15, -0.1) is 0 Å². The van der Waals surface area contributed by atoms with Crippen molar-refractivity contribution in [2.24, 2.45) is 11.3 Å². The van der Waals surface area contributed by atoms with E-state index in [2.05, 4.69) is 72.6 Å². The molecule has 0 bridgehead atoms. The van der Waals surface area contributed by atoms with E-state index in [0.29, 0.717) is 6.61 Å². The number of epoxide rings is 1. The lowest BCUT2D eigenvalue weighted by Crippen LogP contribution is -2.73. The molecule has 0 aromatic heterocycles. The first-order valence-corrected chi connectivity index (χ1v) is 14.1. The third kappa shape index (κ3) is 5.35. The minimum Gasteiger partial charge on any atom is -0.491 e. The molecule has 5 atom stereocenters. The maximum Gasteiger partial charge on any atom is 0.174 e. The number of hydrogen-bond acceptors (Lipinski definition) is 6. The Morgan fingerprint density at radius 1 is 1.03 bits per heavy atom. The molecule has 0 amide bonds. The third-order valence-electron chi connectivity index (χ3n) is 9.29. The lowest BCUT2D eigenvalue weighted by Gasteiger charge is -2.64. The SMILES string of the molecule is CCCC1(C)COC2(CC(C)(CC)N(OC(C)c3ccc(OCC4CO4)cc3)C(C)(CC)C2C)OC1. The molecule has 3 saturated heterocycles. The Morgan fingerprint density at radius 2 is 1.67 bits per heavy atom. The van der Waals surface area contributed by atoms with Crippen LogP contribution >= 0.6 is 0 Å². The standard InChI is InChI=1S/C30H49NO5/c1-9-16-27(6)20-34-30(35-21-27)19-28(7,10-2)31(29(8,11-3)23(30)5)36-22(4)24-12-14-25(15-13-24)32-17-26-18-33-26/h12-15,22-23,26H,9-11,16-21H2,1-8H3. The molecular weight excluding hydrogens is 454 g/mol. The number of hydrogen-bond donors (Lipinski definition) is 0. The number of rotatable bonds is 10. The van der Waals surface area contributed by atoms with Gasteiger partial charge in [-0.05, 0) is 57.7 Å². The van der Waals surface area contributed by atoms with Gasteiger partial charge in [0.15, 0.2) is 5.79 Å². The largest absolute Gasteiger partial charge is 0.491 e. The molecule has 1 aromatic rings. The number of hydroxylamine groups is 2.